The average molecular weight is 369 g/mol. The molecule has 23 heavy (non-hydrogen) atoms. The maximum atomic E-state index is 11.9. The summed E-state index contributed by atoms with van der Waals surface area (Å²) < 4.78 is 0.981. The monoisotopic (exact) mass is 368 g/mol. The van der Waals surface area contributed by atoms with E-state index in [1.165, 1.54) is 5.56 Å². The minimum Gasteiger partial charge on any atom is -0.356 e. The fourth-order valence-corrected chi connectivity index (χ4v) is 3.94. The lowest BCUT2D eigenvalue weighted by molar-refractivity contribution is -0.120. The van der Waals surface area contributed by atoms with Crippen molar-refractivity contribution in [3.8, 4) is 0 Å². The summed E-state index contributed by atoms with van der Waals surface area (Å²) in [5.74, 6) is 1.47. The van der Waals surface area contributed by atoms with Crippen LogP contribution in [0.25, 0.3) is 0 Å². The first-order valence-corrected chi connectivity index (χ1v) is 9.85. The largest absolute Gasteiger partial charge is 0.356 e. The number of nitrogens with zero attached hydrogens (tertiary/aromatic N) is 1. The molecule has 0 aliphatic carbocycles. The summed E-state index contributed by atoms with van der Waals surface area (Å²) in [5.41, 5.74) is 2.01. The van der Waals surface area contributed by atoms with Gasteiger partial charge >= 0.3 is 0 Å². The first-order valence-electron chi connectivity index (χ1n) is 7.61. The molecule has 0 saturated heterocycles. The maximum absolute atomic E-state index is 11.9. The van der Waals surface area contributed by atoms with E-state index in [1.807, 2.05) is 23.6 Å². The SMILES string of the molecule is CC(C)CCNC(=O)Cc1csc(SCc2cccc(Cl)c2)n1. The van der Waals surface area contributed by atoms with Gasteiger partial charge in [0.15, 0.2) is 0 Å². The van der Waals surface area contributed by atoms with Crippen molar-refractivity contribution in [3.63, 3.8) is 0 Å². The van der Waals surface area contributed by atoms with Crippen molar-refractivity contribution in [2.45, 2.75) is 36.8 Å². The Morgan fingerprint density at radius 1 is 1.43 bits per heavy atom. The molecule has 2 aromatic rings. The number of benzene rings is 1. The third-order valence-corrected chi connectivity index (χ3v) is 5.54. The third kappa shape index (κ3) is 6.94. The smallest absolute Gasteiger partial charge is 0.226 e. The first-order chi connectivity index (χ1) is 11.0. The topological polar surface area (TPSA) is 42.0 Å². The number of carbonyl (C=O) groups is 1. The molecule has 0 fully saturated rings. The van der Waals surface area contributed by atoms with Crippen LogP contribution < -0.4 is 5.32 Å². The molecule has 0 spiro atoms. The molecule has 0 atom stereocenters. The second-order valence-corrected chi connectivity index (χ2v) is 8.25. The van der Waals surface area contributed by atoms with Crippen LogP contribution in [0, 0.1) is 5.92 Å². The number of hydrogen-bond acceptors (Lipinski definition) is 4. The molecule has 1 aromatic heterocycles. The van der Waals surface area contributed by atoms with E-state index in [0.29, 0.717) is 12.3 Å². The van der Waals surface area contributed by atoms with Gasteiger partial charge in [0.2, 0.25) is 5.91 Å². The van der Waals surface area contributed by atoms with Gasteiger partial charge in [0.1, 0.15) is 4.34 Å². The van der Waals surface area contributed by atoms with E-state index in [0.717, 1.165) is 33.8 Å². The van der Waals surface area contributed by atoms with Crippen molar-refractivity contribution in [3.05, 3.63) is 45.9 Å². The van der Waals surface area contributed by atoms with Crippen molar-refractivity contribution in [1.29, 1.82) is 0 Å². The summed E-state index contributed by atoms with van der Waals surface area (Å²) >= 11 is 9.23. The van der Waals surface area contributed by atoms with Crippen molar-refractivity contribution in [1.82, 2.24) is 10.3 Å². The van der Waals surface area contributed by atoms with Gasteiger partial charge in [-0.1, -0.05) is 49.3 Å². The first kappa shape index (κ1) is 18.3. The van der Waals surface area contributed by atoms with Crippen LogP contribution in [0.2, 0.25) is 5.02 Å². The summed E-state index contributed by atoms with van der Waals surface area (Å²) in [5, 5.41) is 5.65. The Bertz CT molecular complexity index is 643. The lowest BCUT2D eigenvalue weighted by Gasteiger charge is -2.05. The molecule has 0 radical (unpaired) electrons. The molecule has 0 unspecified atom stereocenters. The number of aromatic nitrogens is 1. The van der Waals surface area contributed by atoms with Gasteiger partial charge in [0, 0.05) is 22.7 Å². The molecular formula is C17H21ClN2OS2. The van der Waals surface area contributed by atoms with Crippen molar-refractivity contribution >= 4 is 40.6 Å². The fourth-order valence-electron chi connectivity index (χ4n) is 1.93. The number of halogens is 1. The Kier molecular flexibility index (Phi) is 7.40. The molecule has 1 N–H and O–H groups in total. The lowest BCUT2D eigenvalue weighted by atomic mass is 10.1. The van der Waals surface area contributed by atoms with E-state index in [1.54, 1.807) is 23.1 Å². The van der Waals surface area contributed by atoms with Crippen LogP contribution in [0.3, 0.4) is 0 Å². The number of rotatable bonds is 8. The summed E-state index contributed by atoms with van der Waals surface area (Å²) in [6, 6.07) is 7.84. The molecule has 1 heterocycles. The number of carbonyl (C=O) groups excluding carboxylic acids is 1. The van der Waals surface area contributed by atoms with Gasteiger partial charge in [0.25, 0.3) is 0 Å². The fraction of sp³-hybridized carbons (Fsp3) is 0.412. The molecule has 0 bridgehead atoms. The van der Waals surface area contributed by atoms with Gasteiger partial charge in [-0.2, -0.15) is 0 Å². The highest BCUT2D eigenvalue weighted by atomic mass is 35.5. The minimum atomic E-state index is 0.0438. The van der Waals surface area contributed by atoms with Crippen LogP contribution in [0.5, 0.6) is 0 Å². The van der Waals surface area contributed by atoms with E-state index in [2.05, 4.69) is 30.2 Å². The quantitative estimate of drug-likeness (QED) is 0.681. The van der Waals surface area contributed by atoms with Crippen LogP contribution in [0.1, 0.15) is 31.5 Å². The van der Waals surface area contributed by atoms with E-state index < -0.39 is 0 Å². The normalized spacial score (nSPS) is 11.0. The third-order valence-electron chi connectivity index (χ3n) is 3.17. The predicted molar refractivity (Wildman–Crippen MR) is 99.3 cm³/mol. The van der Waals surface area contributed by atoms with Crippen LogP contribution in [-0.4, -0.2) is 17.4 Å². The van der Waals surface area contributed by atoms with E-state index in [9.17, 15) is 4.79 Å². The van der Waals surface area contributed by atoms with Crippen LogP contribution in [0.4, 0.5) is 0 Å². The highest BCUT2D eigenvalue weighted by Crippen LogP contribution is 2.27. The number of amides is 1. The summed E-state index contributed by atoms with van der Waals surface area (Å²) in [4.78, 5) is 16.4. The van der Waals surface area contributed by atoms with Gasteiger partial charge in [-0.05, 0) is 30.0 Å². The summed E-state index contributed by atoms with van der Waals surface area (Å²) in [6.45, 7) is 5.03. The zero-order valence-corrected chi connectivity index (χ0v) is 15.7. The van der Waals surface area contributed by atoms with Crippen LogP contribution in [-0.2, 0) is 17.0 Å². The molecule has 3 nitrogen and oxygen atoms in total. The lowest BCUT2D eigenvalue weighted by Crippen LogP contribution is -2.26. The van der Waals surface area contributed by atoms with Crippen LogP contribution >= 0.6 is 34.7 Å². The molecule has 6 heteroatoms. The second kappa shape index (κ2) is 9.30. The highest BCUT2D eigenvalue weighted by Gasteiger charge is 2.08. The summed E-state index contributed by atoms with van der Waals surface area (Å²) in [6.07, 6.45) is 1.36. The van der Waals surface area contributed by atoms with Gasteiger partial charge in [-0.3, -0.25) is 4.79 Å². The molecule has 1 aromatic carbocycles. The van der Waals surface area contributed by atoms with Crippen LogP contribution in [0.15, 0.2) is 34.0 Å². The Hall–Kier alpha value is -1.04. The number of nitrogens with one attached hydrogen (secondary N) is 1. The van der Waals surface area contributed by atoms with E-state index in [4.69, 9.17) is 11.6 Å². The molecular weight excluding hydrogens is 348 g/mol. The average Bonchev–Trinajstić information content (AvgIpc) is 2.92. The van der Waals surface area contributed by atoms with Gasteiger partial charge < -0.3 is 5.32 Å². The second-order valence-electron chi connectivity index (χ2n) is 5.73. The molecule has 0 saturated carbocycles. The number of hydrogen-bond donors (Lipinski definition) is 1. The Labute approximate surface area is 150 Å². The van der Waals surface area contributed by atoms with Crippen molar-refractivity contribution in [2.24, 2.45) is 5.92 Å². The molecule has 2 rings (SSSR count). The Balaban J connectivity index is 1.77. The molecule has 124 valence electrons. The Morgan fingerprint density at radius 2 is 2.26 bits per heavy atom. The number of thioether (sulfide) groups is 1. The summed E-state index contributed by atoms with van der Waals surface area (Å²) in [7, 11) is 0. The minimum absolute atomic E-state index is 0.0438. The highest BCUT2D eigenvalue weighted by molar-refractivity contribution is 8.00. The number of thiazole rings is 1. The zero-order chi connectivity index (χ0) is 16.7. The molecule has 0 aliphatic rings. The predicted octanol–water partition coefficient (Wildman–Crippen LogP) is 4.79. The van der Waals surface area contributed by atoms with Crippen molar-refractivity contribution < 1.29 is 4.79 Å². The van der Waals surface area contributed by atoms with Crippen molar-refractivity contribution in [2.75, 3.05) is 6.54 Å². The molecule has 0 aliphatic heterocycles. The van der Waals surface area contributed by atoms with Gasteiger partial charge in [-0.25, -0.2) is 4.98 Å². The van der Waals surface area contributed by atoms with E-state index in [-0.39, 0.29) is 5.91 Å². The Morgan fingerprint density at radius 3 is 3.00 bits per heavy atom. The van der Waals surface area contributed by atoms with Gasteiger partial charge in [-0.15, -0.1) is 11.3 Å². The van der Waals surface area contributed by atoms with Gasteiger partial charge in [0.05, 0.1) is 12.1 Å². The maximum Gasteiger partial charge on any atom is 0.226 e. The molecule has 1 amide bonds. The standard InChI is InChI=1S/C17H21ClN2OS2/c1-12(2)6-7-19-16(21)9-15-11-23-17(20-15)22-10-13-4-3-5-14(18)8-13/h3-5,8,11-12H,6-7,9-10H2,1-2H3,(H,19,21). The zero-order valence-electron chi connectivity index (χ0n) is 13.3. The van der Waals surface area contributed by atoms with E-state index >= 15 is 0 Å².